The third kappa shape index (κ3) is 4.53. The highest BCUT2D eigenvalue weighted by atomic mass is 16.2. The second-order valence-electron chi connectivity index (χ2n) is 4.43. The van der Waals surface area contributed by atoms with Crippen LogP contribution in [0.15, 0.2) is 6.20 Å². The molecule has 19 heavy (non-hydrogen) atoms. The summed E-state index contributed by atoms with van der Waals surface area (Å²) in [5.41, 5.74) is 6.09. The second kappa shape index (κ2) is 6.67. The van der Waals surface area contributed by atoms with E-state index in [1.165, 1.54) is 13.1 Å². The standard InChI is InChI=1S/C12H19N5O2/c1-7(2)11-16-6-9(13)10(17-11)12(19)15-5-4-14-8(3)18/h6-7H,4-5,13H2,1-3H3,(H,14,18)(H,15,19). The van der Waals surface area contributed by atoms with Gasteiger partial charge in [0, 0.05) is 25.9 Å². The third-order valence-corrected chi connectivity index (χ3v) is 2.35. The summed E-state index contributed by atoms with van der Waals surface area (Å²) in [4.78, 5) is 30.8. The molecule has 7 heteroatoms. The van der Waals surface area contributed by atoms with Crippen molar-refractivity contribution in [1.29, 1.82) is 0 Å². The van der Waals surface area contributed by atoms with Crippen LogP contribution in [0, 0.1) is 0 Å². The first kappa shape index (κ1) is 14.9. The highest BCUT2D eigenvalue weighted by Crippen LogP contribution is 2.13. The number of carbonyl (C=O) groups is 2. The van der Waals surface area contributed by atoms with Crippen molar-refractivity contribution in [1.82, 2.24) is 20.6 Å². The Labute approximate surface area is 112 Å². The zero-order valence-corrected chi connectivity index (χ0v) is 11.4. The topological polar surface area (TPSA) is 110 Å². The fourth-order valence-corrected chi connectivity index (χ4v) is 1.36. The van der Waals surface area contributed by atoms with E-state index in [1.54, 1.807) is 0 Å². The summed E-state index contributed by atoms with van der Waals surface area (Å²) in [5, 5.41) is 5.22. The normalized spacial score (nSPS) is 10.3. The average molecular weight is 265 g/mol. The van der Waals surface area contributed by atoms with Crippen LogP contribution in [0.3, 0.4) is 0 Å². The van der Waals surface area contributed by atoms with E-state index in [-0.39, 0.29) is 29.1 Å². The van der Waals surface area contributed by atoms with Crippen LogP contribution in [-0.4, -0.2) is 34.9 Å². The predicted octanol–water partition coefficient (Wildman–Crippen LogP) is 0.0481. The van der Waals surface area contributed by atoms with E-state index >= 15 is 0 Å². The number of anilines is 1. The summed E-state index contributed by atoms with van der Waals surface area (Å²) < 4.78 is 0. The van der Waals surface area contributed by atoms with Gasteiger partial charge in [0.1, 0.15) is 5.82 Å². The van der Waals surface area contributed by atoms with Crippen molar-refractivity contribution in [3.05, 3.63) is 17.7 Å². The molecule has 0 aliphatic heterocycles. The number of amides is 2. The Morgan fingerprint density at radius 1 is 1.32 bits per heavy atom. The molecule has 0 saturated heterocycles. The van der Waals surface area contributed by atoms with Crippen LogP contribution in [-0.2, 0) is 4.79 Å². The largest absolute Gasteiger partial charge is 0.396 e. The van der Waals surface area contributed by atoms with Gasteiger partial charge in [0.05, 0.1) is 11.9 Å². The Bertz CT molecular complexity index is 473. The predicted molar refractivity (Wildman–Crippen MR) is 71.6 cm³/mol. The maximum absolute atomic E-state index is 11.9. The summed E-state index contributed by atoms with van der Waals surface area (Å²) in [6.07, 6.45) is 1.44. The highest BCUT2D eigenvalue weighted by molar-refractivity contribution is 5.96. The van der Waals surface area contributed by atoms with E-state index in [1.807, 2.05) is 13.8 Å². The monoisotopic (exact) mass is 265 g/mol. The van der Waals surface area contributed by atoms with Crippen LogP contribution in [0.4, 0.5) is 5.69 Å². The van der Waals surface area contributed by atoms with Crippen molar-refractivity contribution in [2.75, 3.05) is 18.8 Å². The lowest BCUT2D eigenvalue weighted by Gasteiger charge is -2.09. The fourth-order valence-electron chi connectivity index (χ4n) is 1.36. The fraction of sp³-hybridized carbons (Fsp3) is 0.500. The summed E-state index contributed by atoms with van der Waals surface area (Å²) in [6, 6.07) is 0. The lowest BCUT2D eigenvalue weighted by Crippen LogP contribution is -2.34. The minimum Gasteiger partial charge on any atom is -0.396 e. The first-order chi connectivity index (χ1) is 8.91. The number of hydrogen-bond acceptors (Lipinski definition) is 5. The molecule has 0 aliphatic rings. The maximum Gasteiger partial charge on any atom is 0.272 e. The minimum absolute atomic E-state index is 0.117. The Kier molecular flexibility index (Phi) is 5.23. The first-order valence-electron chi connectivity index (χ1n) is 6.07. The van der Waals surface area contributed by atoms with Gasteiger partial charge in [-0.25, -0.2) is 9.97 Å². The molecular formula is C12H19N5O2. The molecule has 0 atom stereocenters. The maximum atomic E-state index is 11.9. The van der Waals surface area contributed by atoms with Gasteiger partial charge in [-0.05, 0) is 0 Å². The van der Waals surface area contributed by atoms with Crippen LogP contribution >= 0.6 is 0 Å². The van der Waals surface area contributed by atoms with E-state index in [0.29, 0.717) is 18.9 Å². The summed E-state index contributed by atoms with van der Waals surface area (Å²) in [5.74, 6) is 0.179. The van der Waals surface area contributed by atoms with Crippen LogP contribution in [0.25, 0.3) is 0 Å². The summed E-state index contributed by atoms with van der Waals surface area (Å²) >= 11 is 0. The quantitative estimate of drug-likeness (QED) is 0.651. The summed E-state index contributed by atoms with van der Waals surface area (Å²) in [7, 11) is 0. The van der Waals surface area contributed by atoms with Gasteiger partial charge in [-0.15, -0.1) is 0 Å². The number of nitrogens with two attached hydrogens (primary N) is 1. The molecule has 104 valence electrons. The molecule has 2 amide bonds. The number of nitrogen functional groups attached to an aromatic ring is 1. The van der Waals surface area contributed by atoms with E-state index in [0.717, 1.165) is 0 Å². The molecule has 1 aromatic rings. The van der Waals surface area contributed by atoms with Crippen molar-refractivity contribution in [3.63, 3.8) is 0 Å². The highest BCUT2D eigenvalue weighted by Gasteiger charge is 2.14. The van der Waals surface area contributed by atoms with Crippen molar-refractivity contribution >= 4 is 17.5 Å². The van der Waals surface area contributed by atoms with Gasteiger partial charge in [0.25, 0.3) is 5.91 Å². The van der Waals surface area contributed by atoms with Crippen molar-refractivity contribution < 1.29 is 9.59 Å². The molecule has 0 bridgehead atoms. The van der Waals surface area contributed by atoms with Gasteiger partial charge in [-0.1, -0.05) is 13.8 Å². The van der Waals surface area contributed by atoms with Gasteiger partial charge < -0.3 is 16.4 Å². The van der Waals surface area contributed by atoms with Crippen molar-refractivity contribution in [3.8, 4) is 0 Å². The van der Waals surface area contributed by atoms with Gasteiger partial charge in [-0.2, -0.15) is 0 Å². The zero-order valence-electron chi connectivity index (χ0n) is 11.4. The molecule has 0 fully saturated rings. The molecular weight excluding hydrogens is 246 g/mol. The average Bonchev–Trinajstić information content (AvgIpc) is 2.34. The second-order valence-corrected chi connectivity index (χ2v) is 4.43. The number of carbonyl (C=O) groups excluding carboxylic acids is 2. The minimum atomic E-state index is -0.368. The SMILES string of the molecule is CC(=O)NCCNC(=O)c1nc(C(C)C)ncc1N. The third-order valence-electron chi connectivity index (χ3n) is 2.35. The number of hydrogen-bond donors (Lipinski definition) is 3. The molecule has 0 aliphatic carbocycles. The van der Waals surface area contributed by atoms with Crippen molar-refractivity contribution in [2.24, 2.45) is 0 Å². The van der Waals surface area contributed by atoms with Gasteiger partial charge in [0.2, 0.25) is 5.91 Å². The van der Waals surface area contributed by atoms with Crippen molar-refractivity contribution in [2.45, 2.75) is 26.7 Å². The Hall–Kier alpha value is -2.18. The number of nitrogens with zero attached hydrogens (tertiary/aromatic N) is 2. The number of nitrogens with one attached hydrogen (secondary N) is 2. The van der Waals surface area contributed by atoms with Gasteiger partial charge in [0.15, 0.2) is 5.69 Å². The Morgan fingerprint density at radius 3 is 2.53 bits per heavy atom. The number of aromatic nitrogens is 2. The molecule has 0 aromatic carbocycles. The molecule has 0 spiro atoms. The molecule has 7 nitrogen and oxygen atoms in total. The molecule has 4 N–H and O–H groups in total. The smallest absolute Gasteiger partial charge is 0.272 e. The molecule has 0 unspecified atom stereocenters. The lowest BCUT2D eigenvalue weighted by molar-refractivity contribution is -0.118. The van der Waals surface area contributed by atoms with Crippen LogP contribution in [0.5, 0.6) is 0 Å². The van der Waals surface area contributed by atoms with Crippen LogP contribution in [0.1, 0.15) is 43.0 Å². The van der Waals surface area contributed by atoms with E-state index < -0.39 is 0 Å². The van der Waals surface area contributed by atoms with E-state index in [9.17, 15) is 9.59 Å². The first-order valence-corrected chi connectivity index (χ1v) is 6.07. The van der Waals surface area contributed by atoms with E-state index in [4.69, 9.17) is 5.73 Å². The summed E-state index contributed by atoms with van der Waals surface area (Å²) in [6.45, 7) is 5.97. The molecule has 0 saturated carbocycles. The van der Waals surface area contributed by atoms with Crippen LogP contribution < -0.4 is 16.4 Å². The van der Waals surface area contributed by atoms with E-state index in [2.05, 4.69) is 20.6 Å². The van der Waals surface area contributed by atoms with Gasteiger partial charge in [-0.3, -0.25) is 9.59 Å². The molecule has 1 aromatic heterocycles. The van der Waals surface area contributed by atoms with Gasteiger partial charge >= 0.3 is 0 Å². The van der Waals surface area contributed by atoms with Crippen LogP contribution in [0.2, 0.25) is 0 Å². The Morgan fingerprint density at radius 2 is 1.95 bits per heavy atom. The molecule has 1 rings (SSSR count). The molecule has 1 heterocycles. The molecule has 0 radical (unpaired) electrons. The lowest BCUT2D eigenvalue weighted by atomic mass is 10.2. The zero-order chi connectivity index (χ0) is 14.4. The number of rotatable bonds is 5. The Balaban J connectivity index is 2.65.